The van der Waals surface area contributed by atoms with Gasteiger partial charge in [-0.05, 0) is 40.8 Å². The van der Waals surface area contributed by atoms with Crippen molar-refractivity contribution in [2.24, 2.45) is 4.99 Å². The molecule has 2 aliphatic rings. The van der Waals surface area contributed by atoms with Crippen LogP contribution in [0.1, 0.15) is 23.1 Å². The summed E-state index contributed by atoms with van der Waals surface area (Å²) in [6.07, 6.45) is 4.88. The number of halogens is 1. The van der Waals surface area contributed by atoms with E-state index in [1.54, 1.807) is 6.08 Å². The van der Waals surface area contributed by atoms with Crippen LogP contribution in [0, 0.1) is 0 Å². The van der Waals surface area contributed by atoms with Gasteiger partial charge in [-0.15, -0.1) is 0 Å². The molecular weight excluding hydrogens is 440 g/mol. The number of rotatable bonds is 7. The Labute approximate surface area is 208 Å². The molecule has 2 heterocycles. The van der Waals surface area contributed by atoms with Gasteiger partial charge in [0.2, 0.25) is 0 Å². The number of benzene rings is 2. The molecule has 0 aromatic heterocycles. The minimum Gasteiger partial charge on any atom is -0.380 e. The third-order valence-electron chi connectivity index (χ3n) is 6.30. The summed E-state index contributed by atoms with van der Waals surface area (Å²) in [7, 11) is 0. The Bertz CT molecular complexity index is 1160. The van der Waals surface area contributed by atoms with Gasteiger partial charge in [-0.3, -0.25) is 9.89 Å². The molecule has 34 heavy (non-hydrogen) atoms. The van der Waals surface area contributed by atoms with Crippen molar-refractivity contribution in [1.82, 2.24) is 4.90 Å². The zero-order chi connectivity index (χ0) is 24.1. The van der Waals surface area contributed by atoms with E-state index in [2.05, 4.69) is 55.5 Å². The Morgan fingerprint density at radius 2 is 1.85 bits per heavy atom. The van der Waals surface area contributed by atoms with E-state index in [4.69, 9.17) is 21.3 Å². The molecule has 2 aromatic rings. The number of allylic oxidation sites excluding steroid dienone is 3. The Hall–Kier alpha value is -2.98. The van der Waals surface area contributed by atoms with Crippen LogP contribution in [0.25, 0.3) is 11.1 Å². The summed E-state index contributed by atoms with van der Waals surface area (Å²) in [5.41, 5.74) is 7.39. The third kappa shape index (κ3) is 5.39. The fourth-order valence-corrected chi connectivity index (χ4v) is 4.62. The topological polar surface area (TPSA) is 24.8 Å². The zero-order valence-electron chi connectivity index (χ0n) is 19.6. The highest BCUT2D eigenvalue weighted by atomic mass is 35.5. The summed E-state index contributed by atoms with van der Waals surface area (Å²) in [6, 6.07) is 16.0. The molecule has 4 rings (SSSR count). The van der Waals surface area contributed by atoms with Gasteiger partial charge in [0.05, 0.1) is 12.3 Å². The van der Waals surface area contributed by atoms with E-state index in [1.807, 2.05) is 30.3 Å². The molecule has 1 saturated heterocycles. The molecule has 0 spiro atoms. The lowest BCUT2D eigenvalue weighted by atomic mass is 9.87. The van der Waals surface area contributed by atoms with E-state index < -0.39 is 0 Å². The van der Waals surface area contributed by atoms with Gasteiger partial charge in [-0.2, -0.15) is 0 Å². The molecule has 1 atom stereocenters. The van der Waals surface area contributed by atoms with Gasteiger partial charge in [0.15, 0.2) is 0 Å². The molecule has 0 bridgehead atoms. The first-order valence-electron chi connectivity index (χ1n) is 11.6. The maximum Gasteiger partial charge on any atom is 0.100 e. The van der Waals surface area contributed by atoms with E-state index in [0.717, 1.165) is 78.4 Å². The minimum absolute atomic E-state index is 0.272. The molecule has 0 saturated carbocycles. The normalized spacial score (nSPS) is 19.1. The second kappa shape index (κ2) is 11.0. The molecular formula is C30H31ClN2O. The maximum absolute atomic E-state index is 6.44. The van der Waals surface area contributed by atoms with Crippen molar-refractivity contribution in [3.8, 4) is 0 Å². The predicted octanol–water partition coefficient (Wildman–Crippen LogP) is 6.78. The van der Waals surface area contributed by atoms with Crippen LogP contribution in [0.4, 0.5) is 0 Å². The molecule has 3 nitrogen and oxygen atoms in total. The quantitative estimate of drug-likeness (QED) is 0.445. The number of dihydropyridines is 1. The fourth-order valence-electron chi connectivity index (χ4n) is 4.37. The number of aliphatic imine (C=N–C) groups is 1. The third-order valence-corrected chi connectivity index (χ3v) is 6.63. The smallest absolute Gasteiger partial charge is 0.100 e. The summed E-state index contributed by atoms with van der Waals surface area (Å²) in [5.74, 6) is 0. The molecule has 0 N–H and O–H groups in total. The Morgan fingerprint density at radius 1 is 1.09 bits per heavy atom. The van der Waals surface area contributed by atoms with Crippen LogP contribution in [0.2, 0.25) is 5.02 Å². The first-order chi connectivity index (χ1) is 16.5. The highest BCUT2D eigenvalue weighted by Gasteiger charge is 2.24. The highest BCUT2D eigenvalue weighted by molar-refractivity contribution is 6.38. The van der Waals surface area contributed by atoms with Gasteiger partial charge >= 0.3 is 0 Å². The predicted molar refractivity (Wildman–Crippen MR) is 145 cm³/mol. The van der Waals surface area contributed by atoms with E-state index >= 15 is 0 Å². The van der Waals surface area contributed by atoms with Gasteiger partial charge in [-0.25, -0.2) is 0 Å². The molecule has 0 radical (unpaired) electrons. The van der Waals surface area contributed by atoms with Gasteiger partial charge in [-0.1, -0.05) is 86.5 Å². The second-order valence-electron chi connectivity index (χ2n) is 8.68. The van der Waals surface area contributed by atoms with Crippen LogP contribution in [-0.4, -0.2) is 43.0 Å². The summed E-state index contributed by atoms with van der Waals surface area (Å²) >= 11 is 6.44. The summed E-state index contributed by atoms with van der Waals surface area (Å²) in [4.78, 5) is 7.48. The molecule has 0 aliphatic carbocycles. The van der Waals surface area contributed by atoms with Crippen LogP contribution in [0.3, 0.4) is 0 Å². The number of hydrogen-bond donors (Lipinski definition) is 0. The first kappa shape index (κ1) is 24.2. The van der Waals surface area contributed by atoms with Gasteiger partial charge in [0, 0.05) is 48.0 Å². The van der Waals surface area contributed by atoms with Crippen molar-refractivity contribution in [2.45, 2.75) is 19.0 Å². The lowest BCUT2D eigenvalue weighted by molar-refractivity contribution is 0.140. The van der Waals surface area contributed by atoms with E-state index in [9.17, 15) is 0 Å². The Morgan fingerprint density at radius 3 is 2.59 bits per heavy atom. The number of nitrogens with zero attached hydrogens (tertiary/aromatic N) is 2. The van der Waals surface area contributed by atoms with Crippen molar-refractivity contribution in [2.75, 3.05) is 26.3 Å². The monoisotopic (exact) mass is 470 g/mol. The SMILES string of the molecule is C=CC1=CC(=C)C(C(=C)c2ccc(CN3CCCOCC3)cc2)N=C1C(=C)c1ccccc1Cl. The first-order valence-corrected chi connectivity index (χ1v) is 12.0. The van der Waals surface area contributed by atoms with Crippen LogP contribution >= 0.6 is 11.6 Å². The molecule has 4 heteroatoms. The second-order valence-corrected chi connectivity index (χ2v) is 9.09. The standard InChI is InChI=1S/C30H31ClN2O/c1-5-25-19-21(2)29(32-30(25)23(4)27-9-6-7-10-28(27)31)22(3)26-13-11-24(12-14-26)20-33-15-8-17-34-18-16-33/h5-7,9-14,19,29H,1-4,8,15-18,20H2. The summed E-state index contributed by atoms with van der Waals surface area (Å²) < 4.78 is 5.57. The summed E-state index contributed by atoms with van der Waals surface area (Å²) in [6.45, 7) is 21.5. The average molecular weight is 471 g/mol. The molecule has 2 aromatic carbocycles. The lowest BCUT2D eigenvalue weighted by Gasteiger charge is -2.25. The number of hydrogen-bond acceptors (Lipinski definition) is 3. The number of ether oxygens (including phenoxy) is 1. The van der Waals surface area contributed by atoms with Crippen molar-refractivity contribution in [3.63, 3.8) is 0 Å². The van der Waals surface area contributed by atoms with Gasteiger partial charge in [0.25, 0.3) is 0 Å². The van der Waals surface area contributed by atoms with E-state index in [0.29, 0.717) is 5.02 Å². The van der Waals surface area contributed by atoms with Crippen LogP contribution in [-0.2, 0) is 11.3 Å². The van der Waals surface area contributed by atoms with Crippen molar-refractivity contribution >= 4 is 28.5 Å². The van der Waals surface area contributed by atoms with Gasteiger partial charge in [0.1, 0.15) is 6.04 Å². The van der Waals surface area contributed by atoms with E-state index in [-0.39, 0.29) is 6.04 Å². The van der Waals surface area contributed by atoms with Crippen LogP contribution < -0.4 is 0 Å². The molecule has 174 valence electrons. The maximum atomic E-state index is 6.44. The fraction of sp³-hybridized carbons (Fsp3) is 0.233. The molecule has 1 unspecified atom stereocenters. The Balaban J connectivity index is 1.55. The lowest BCUT2D eigenvalue weighted by Crippen LogP contribution is -2.25. The molecule has 2 aliphatic heterocycles. The van der Waals surface area contributed by atoms with Gasteiger partial charge < -0.3 is 4.74 Å². The van der Waals surface area contributed by atoms with Crippen LogP contribution in [0.5, 0.6) is 0 Å². The average Bonchev–Trinajstić information content (AvgIpc) is 3.12. The summed E-state index contributed by atoms with van der Waals surface area (Å²) in [5, 5.41) is 0.643. The minimum atomic E-state index is -0.272. The van der Waals surface area contributed by atoms with Crippen molar-refractivity contribution in [3.05, 3.63) is 120 Å². The highest BCUT2D eigenvalue weighted by Crippen LogP contribution is 2.34. The Kier molecular flexibility index (Phi) is 7.79. The van der Waals surface area contributed by atoms with Crippen molar-refractivity contribution < 1.29 is 4.74 Å². The molecule has 0 amide bonds. The van der Waals surface area contributed by atoms with Crippen molar-refractivity contribution in [1.29, 1.82) is 0 Å². The largest absolute Gasteiger partial charge is 0.380 e. The molecule has 1 fully saturated rings. The van der Waals surface area contributed by atoms with Crippen LogP contribution in [0.15, 0.2) is 103 Å². The van der Waals surface area contributed by atoms with E-state index in [1.165, 1.54) is 5.56 Å². The zero-order valence-corrected chi connectivity index (χ0v) is 20.4.